The van der Waals surface area contributed by atoms with E-state index in [1.807, 2.05) is 30.3 Å². The largest absolute Gasteiger partial charge is 0.354 e. The van der Waals surface area contributed by atoms with Crippen molar-refractivity contribution in [3.63, 3.8) is 0 Å². The third-order valence-electron chi connectivity index (χ3n) is 3.70. The molecule has 20 heavy (non-hydrogen) atoms. The summed E-state index contributed by atoms with van der Waals surface area (Å²) in [5, 5.41) is 2.37. The number of rotatable bonds is 2. The Balaban J connectivity index is 1.61. The first-order chi connectivity index (χ1) is 9.83. The Morgan fingerprint density at radius 1 is 0.950 bits per heavy atom. The number of epoxide rings is 1. The van der Waals surface area contributed by atoms with Gasteiger partial charge in [-0.25, -0.2) is 0 Å². The zero-order valence-electron chi connectivity index (χ0n) is 10.8. The summed E-state index contributed by atoms with van der Waals surface area (Å²) < 4.78 is 7.14. The van der Waals surface area contributed by atoms with E-state index in [4.69, 9.17) is 4.74 Å². The minimum absolute atomic E-state index is 0.00633. The SMILES string of the molecule is O=C([C@H]1O[C@@H]1c1ccc2ccccc2c1)n1cccc1. The first kappa shape index (κ1) is 11.4. The van der Waals surface area contributed by atoms with Crippen LogP contribution in [-0.4, -0.2) is 16.6 Å². The van der Waals surface area contributed by atoms with E-state index in [0.717, 1.165) is 5.56 Å². The maximum absolute atomic E-state index is 12.2. The number of ether oxygens (including phenoxy) is 1. The summed E-state index contributed by atoms with van der Waals surface area (Å²) >= 11 is 0. The number of hydrogen-bond donors (Lipinski definition) is 0. The van der Waals surface area contributed by atoms with Crippen molar-refractivity contribution >= 4 is 16.7 Å². The second-order valence-electron chi connectivity index (χ2n) is 5.01. The zero-order chi connectivity index (χ0) is 13.5. The van der Waals surface area contributed by atoms with Crippen LogP contribution >= 0.6 is 0 Å². The minimum Gasteiger partial charge on any atom is -0.354 e. The molecule has 1 saturated heterocycles. The normalized spacial score (nSPS) is 21.0. The fourth-order valence-electron chi connectivity index (χ4n) is 2.57. The summed E-state index contributed by atoms with van der Waals surface area (Å²) in [4.78, 5) is 12.2. The summed E-state index contributed by atoms with van der Waals surface area (Å²) in [5.41, 5.74) is 1.06. The smallest absolute Gasteiger partial charge is 0.262 e. The number of fused-ring (bicyclic) bond motifs is 1. The highest BCUT2D eigenvalue weighted by molar-refractivity contribution is 5.87. The fraction of sp³-hybridized carbons (Fsp3) is 0.118. The van der Waals surface area contributed by atoms with Crippen LogP contribution in [0.25, 0.3) is 10.8 Å². The van der Waals surface area contributed by atoms with Gasteiger partial charge in [-0.3, -0.25) is 9.36 Å². The van der Waals surface area contributed by atoms with Crippen LogP contribution in [0.1, 0.15) is 16.5 Å². The van der Waals surface area contributed by atoms with Gasteiger partial charge in [-0.05, 0) is 34.5 Å². The summed E-state index contributed by atoms with van der Waals surface area (Å²) in [5.74, 6) is -0.00633. The molecule has 98 valence electrons. The molecule has 2 heterocycles. The predicted molar refractivity (Wildman–Crippen MR) is 76.6 cm³/mol. The van der Waals surface area contributed by atoms with Crippen molar-refractivity contribution < 1.29 is 9.53 Å². The first-order valence-corrected chi connectivity index (χ1v) is 6.64. The van der Waals surface area contributed by atoms with Gasteiger partial charge in [0.25, 0.3) is 5.91 Å². The van der Waals surface area contributed by atoms with Crippen molar-refractivity contribution in [2.24, 2.45) is 0 Å². The van der Waals surface area contributed by atoms with Crippen LogP contribution in [0.5, 0.6) is 0 Å². The van der Waals surface area contributed by atoms with E-state index in [2.05, 4.69) is 24.3 Å². The second-order valence-corrected chi connectivity index (χ2v) is 5.01. The molecule has 0 amide bonds. The predicted octanol–water partition coefficient (Wildman–Crippen LogP) is 3.42. The lowest BCUT2D eigenvalue weighted by Gasteiger charge is -2.01. The Labute approximate surface area is 116 Å². The maximum atomic E-state index is 12.2. The van der Waals surface area contributed by atoms with E-state index < -0.39 is 0 Å². The van der Waals surface area contributed by atoms with Gasteiger partial charge >= 0.3 is 0 Å². The van der Waals surface area contributed by atoms with E-state index in [9.17, 15) is 4.79 Å². The van der Waals surface area contributed by atoms with Crippen molar-refractivity contribution in [2.75, 3.05) is 0 Å². The van der Waals surface area contributed by atoms with Crippen LogP contribution in [-0.2, 0) is 4.74 Å². The summed E-state index contributed by atoms with van der Waals surface area (Å²) in [6, 6.07) is 18.1. The van der Waals surface area contributed by atoms with Crippen molar-refractivity contribution in [1.82, 2.24) is 4.57 Å². The molecule has 0 saturated carbocycles. The average Bonchev–Trinajstić information content (AvgIpc) is 3.11. The molecule has 1 aromatic heterocycles. The Bertz CT molecular complexity index is 777. The van der Waals surface area contributed by atoms with Gasteiger partial charge in [-0.1, -0.05) is 36.4 Å². The molecule has 3 nitrogen and oxygen atoms in total. The summed E-state index contributed by atoms with van der Waals surface area (Å²) in [6.07, 6.45) is 3.03. The molecule has 3 heteroatoms. The number of carbonyl (C=O) groups is 1. The molecular weight excluding hydrogens is 250 g/mol. The van der Waals surface area contributed by atoms with E-state index in [1.165, 1.54) is 10.8 Å². The van der Waals surface area contributed by atoms with E-state index in [1.54, 1.807) is 17.0 Å². The maximum Gasteiger partial charge on any atom is 0.262 e. The zero-order valence-corrected chi connectivity index (χ0v) is 10.8. The molecule has 0 bridgehead atoms. The number of carbonyl (C=O) groups excluding carboxylic acids is 1. The monoisotopic (exact) mass is 263 g/mol. The fourth-order valence-corrected chi connectivity index (χ4v) is 2.57. The number of nitrogens with zero attached hydrogens (tertiary/aromatic N) is 1. The molecule has 0 spiro atoms. The Kier molecular flexibility index (Phi) is 2.47. The summed E-state index contributed by atoms with van der Waals surface area (Å²) in [6.45, 7) is 0. The molecule has 0 unspecified atom stereocenters. The highest BCUT2D eigenvalue weighted by atomic mass is 16.6. The molecule has 0 radical (unpaired) electrons. The lowest BCUT2D eigenvalue weighted by atomic mass is 10.0. The van der Waals surface area contributed by atoms with Gasteiger partial charge < -0.3 is 4.74 Å². The number of benzene rings is 2. The van der Waals surface area contributed by atoms with Gasteiger partial charge in [0.2, 0.25) is 0 Å². The lowest BCUT2D eigenvalue weighted by molar-refractivity contribution is 0.0872. The molecule has 4 rings (SSSR count). The van der Waals surface area contributed by atoms with Crippen molar-refractivity contribution in [3.8, 4) is 0 Å². The molecule has 1 aliphatic rings. The van der Waals surface area contributed by atoms with Crippen LogP contribution < -0.4 is 0 Å². The molecule has 2 atom stereocenters. The molecule has 1 fully saturated rings. The molecule has 0 aliphatic carbocycles. The van der Waals surface area contributed by atoms with Crippen molar-refractivity contribution in [2.45, 2.75) is 12.2 Å². The third kappa shape index (κ3) is 1.84. The Morgan fingerprint density at radius 3 is 2.50 bits per heavy atom. The number of hydrogen-bond acceptors (Lipinski definition) is 2. The quantitative estimate of drug-likeness (QED) is 0.664. The lowest BCUT2D eigenvalue weighted by Crippen LogP contribution is -2.15. The van der Waals surface area contributed by atoms with Crippen LogP contribution in [0.4, 0.5) is 0 Å². The molecule has 3 aromatic rings. The second kappa shape index (κ2) is 4.32. The average molecular weight is 263 g/mol. The first-order valence-electron chi connectivity index (χ1n) is 6.64. The van der Waals surface area contributed by atoms with Gasteiger partial charge in [-0.15, -0.1) is 0 Å². The summed E-state index contributed by atoms with van der Waals surface area (Å²) in [7, 11) is 0. The topological polar surface area (TPSA) is 34.5 Å². The third-order valence-corrected chi connectivity index (χ3v) is 3.70. The molecular formula is C17H13NO2. The molecule has 1 aliphatic heterocycles. The highest BCUT2D eigenvalue weighted by Crippen LogP contribution is 2.40. The molecule has 2 aromatic carbocycles. The van der Waals surface area contributed by atoms with Crippen molar-refractivity contribution in [1.29, 1.82) is 0 Å². The van der Waals surface area contributed by atoms with Gasteiger partial charge in [0, 0.05) is 12.4 Å². The van der Waals surface area contributed by atoms with Gasteiger partial charge in [0.05, 0.1) is 0 Å². The standard InChI is InChI=1S/C17H13NO2/c19-17(18-9-3-4-10-18)16-15(20-16)14-8-7-12-5-1-2-6-13(12)11-14/h1-11,15-16H/t15-,16+/m1/s1. The van der Waals surface area contributed by atoms with E-state index in [-0.39, 0.29) is 18.1 Å². The van der Waals surface area contributed by atoms with Crippen LogP contribution in [0.2, 0.25) is 0 Å². The van der Waals surface area contributed by atoms with Gasteiger partial charge in [0.15, 0.2) is 6.10 Å². The van der Waals surface area contributed by atoms with Gasteiger partial charge in [-0.2, -0.15) is 0 Å². The minimum atomic E-state index is -0.358. The van der Waals surface area contributed by atoms with Crippen molar-refractivity contribution in [3.05, 3.63) is 72.6 Å². The van der Waals surface area contributed by atoms with E-state index in [0.29, 0.717) is 0 Å². The Hall–Kier alpha value is -2.39. The Morgan fingerprint density at radius 2 is 1.70 bits per heavy atom. The van der Waals surface area contributed by atoms with Crippen LogP contribution in [0.3, 0.4) is 0 Å². The highest BCUT2D eigenvalue weighted by Gasteiger charge is 2.46. The van der Waals surface area contributed by atoms with Crippen LogP contribution in [0, 0.1) is 0 Å². The van der Waals surface area contributed by atoms with E-state index >= 15 is 0 Å². The number of aromatic nitrogens is 1. The van der Waals surface area contributed by atoms with Crippen LogP contribution in [0.15, 0.2) is 67.0 Å². The molecule has 0 N–H and O–H groups in total. The van der Waals surface area contributed by atoms with Gasteiger partial charge in [0.1, 0.15) is 6.10 Å².